The molecular weight excluding hydrogens is 230 g/mol. The fourth-order valence-corrected chi connectivity index (χ4v) is 2.22. The Morgan fingerprint density at radius 1 is 1.50 bits per heavy atom. The molecule has 0 bridgehead atoms. The molecule has 2 rings (SSSR count). The first-order valence-electron chi connectivity index (χ1n) is 6.25. The molecule has 1 fully saturated rings. The Kier molecular flexibility index (Phi) is 4.15. The number of carbonyl (C=O) groups is 1. The monoisotopic (exact) mass is 249 g/mol. The van der Waals surface area contributed by atoms with Crippen LogP contribution in [0.15, 0.2) is 18.2 Å². The van der Waals surface area contributed by atoms with Crippen molar-refractivity contribution in [3.8, 4) is 0 Å². The zero-order valence-electron chi connectivity index (χ0n) is 10.6. The Bertz CT molecular complexity index is 414. The standard InChI is InChI=1S/C13H19N3O2/c1-18-13(17)11-3-2-4-12(15-11)16-7-5-10(9-14)6-8-16/h2-4,10H,5-9,14H2,1H3. The molecule has 5 heteroatoms. The fraction of sp³-hybridized carbons (Fsp3) is 0.538. The summed E-state index contributed by atoms with van der Waals surface area (Å²) < 4.78 is 4.68. The summed E-state index contributed by atoms with van der Waals surface area (Å²) in [6.07, 6.45) is 2.17. The van der Waals surface area contributed by atoms with Gasteiger partial charge in [-0.25, -0.2) is 9.78 Å². The predicted octanol–water partition coefficient (Wildman–Crippen LogP) is 1.04. The number of anilines is 1. The molecule has 0 radical (unpaired) electrons. The second-order valence-corrected chi connectivity index (χ2v) is 4.54. The summed E-state index contributed by atoms with van der Waals surface area (Å²) in [4.78, 5) is 18.0. The number of nitrogens with zero attached hydrogens (tertiary/aromatic N) is 2. The van der Waals surface area contributed by atoms with Crippen molar-refractivity contribution < 1.29 is 9.53 Å². The van der Waals surface area contributed by atoms with Gasteiger partial charge in [-0.15, -0.1) is 0 Å². The first-order chi connectivity index (χ1) is 8.74. The number of aromatic nitrogens is 1. The average Bonchev–Trinajstić information content (AvgIpc) is 2.46. The van der Waals surface area contributed by atoms with E-state index in [0.29, 0.717) is 11.6 Å². The van der Waals surface area contributed by atoms with Crippen molar-refractivity contribution in [3.63, 3.8) is 0 Å². The van der Waals surface area contributed by atoms with E-state index in [4.69, 9.17) is 5.73 Å². The van der Waals surface area contributed by atoms with E-state index >= 15 is 0 Å². The first kappa shape index (κ1) is 12.8. The fourth-order valence-electron chi connectivity index (χ4n) is 2.22. The van der Waals surface area contributed by atoms with E-state index in [9.17, 15) is 4.79 Å². The van der Waals surface area contributed by atoms with Crippen molar-refractivity contribution in [3.05, 3.63) is 23.9 Å². The van der Waals surface area contributed by atoms with Gasteiger partial charge in [0.1, 0.15) is 5.82 Å². The van der Waals surface area contributed by atoms with Crippen LogP contribution < -0.4 is 10.6 Å². The molecule has 5 nitrogen and oxygen atoms in total. The topological polar surface area (TPSA) is 68.5 Å². The number of nitrogens with two attached hydrogens (primary N) is 1. The molecule has 0 aromatic carbocycles. The molecule has 0 amide bonds. The molecular formula is C13H19N3O2. The van der Waals surface area contributed by atoms with E-state index < -0.39 is 5.97 Å². The average molecular weight is 249 g/mol. The summed E-state index contributed by atoms with van der Waals surface area (Å²) in [6.45, 7) is 2.64. The van der Waals surface area contributed by atoms with Crippen molar-refractivity contribution in [1.82, 2.24) is 4.98 Å². The van der Waals surface area contributed by atoms with E-state index in [1.165, 1.54) is 7.11 Å². The van der Waals surface area contributed by atoms with Gasteiger partial charge in [0, 0.05) is 13.1 Å². The molecule has 18 heavy (non-hydrogen) atoms. The highest BCUT2D eigenvalue weighted by Gasteiger charge is 2.19. The van der Waals surface area contributed by atoms with E-state index in [1.807, 2.05) is 12.1 Å². The Balaban J connectivity index is 2.07. The number of hydrogen-bond donors (Lipinski definition) is 1. The minimum atomic E-state index is -0.395. The highest BCUT2D eigenvalue weighted by molar-refractivity contribution is 5.87. The maximum absolute atomic E-state index is 11.4. The Labute approximate surface area is 107 Å². The quantitative estimate of drug-likeness (QED) is 0.811. The van der Waals surface area contributed by atoms with Gasteiger partial charge in [0.25, 0.3) is 0 Å². The van der Waals surface area contributed by atoms with Crippen LogP contribution in [0, 0.1) is 5.92 Å². The highest BCUT2D eigenvalue weighted by atomic mass is 16.5. The van der Waals surface area contributed by atoms with Crippen molar-refractivity contribution in [2.75, 3.05) is 31.6 Å². The lowest BCUT2D eigenvalue weighted by atomic mass is 9.97. The predicted molar refractivity (Wildman–Crippen MR) is 69.6 cm³/mol. The van der Waals surface area contributed by atoms with Crippen molar-refractivity contribution in [2.24, 2.45) is 11.7 Å². The van der Waals surface area contributed by atoms with Gasteiger partial charge in [-0.1, -0.05) is 6.07 Å². The Hall–Kier alpha value is -1.62. The molecule has 0 unspecified atom stereocenters. The normalized spacial score (nSPS) is 16.7. The molecule has 1 aliphatic heterocycles. The zero-order valence-corrected chi connectivity index (χ0v) is 10.6. The van der Waals surface area contributed by atoms with Gasteiger partial charge in [-0.05, 0) is 37.4 Å². The van der Waals surface area contributed by atoms with E-state index in [2.05, 4.69) is 14.6 Å². The number of rotatable bonds is 3. The van der Waals surface area contributed by atoms with Crippen LogP contribution in [-0.2, 0) is 4.74 Å². The van der Waals surface area contributed by atoms with Crippen LogP contribution in [0.5, 0.6) is 0 Å². The van der Waals surface area contributed by atoms with Crippen LogP contribution in [0.4, 0.5) is 5.82 Å². The number of esters is 1. The summed E-state index contributed by atoms with van der Waals surface area (Å²) in [6, 6.07) is 5.43. The van der Waals surface area contributed by atoms with Gasteiger partial charge < -0.3 is 15.4 Å². The third kappa shape index (κ3) is 2.79. The van der Waals surface area contributed by atoms with Gasteiger partial charge in [0.2, 0.25) is 0 Å². The van der Waals surface area contributed by atoms with Gasteiger partial charge >= 0.3 is 5.97 Å². The van der Waals surface area contributed by atoms with Gasteiger partial charge in [-0.3, -0.25) is 0 Å². The zero-order chi connectivity index (χ0) is 13.0. The third-order valence-corrected chi connectivity index (χ3v) is 3.40. The Morgan fingerprint density at radius 2 is 2.22 bits per heavy atom. The summed E-state index contributed by atoms with van der Waals surface area (Å²) in [5, 5.41) is 0. The number of piperidine rings is 1. The van der Waals surface area contributed by atoms with Crippen molar-refractivity contribution in [2.45, 2.75) is 12.8 Å². The number of ether oxygens (including phenoxy) is 1. The molecule has 1 aliphatic rings. The van der Waals surface area contributed by atoms with Crippen molar-refractivity contribution in [1.29, 1.82) is 0 Å². The van der Waals surface area contributed by atoms with E-state index in [-0.39, 0.29) is 0 Å². The van der Waals surface area contributed by atoms with Gasteiger partial charge in [0.05, 0.1) is 7.11 Å². The molecule has 1 saturated heterocycles. The summed E-state index contributed by atoms with van der Waals surface area (Å²) in [7, 11) is 1.36. The lowest BCUT2D eigenvalue weighted by molar-refractivity contribution is 0.0594. The molecule has 0 atom stereocenters. The minimum Gasteiger partial charge on any atom is -0.464 e. The largest absolute Gasteiger partial charge is 0.464 e. The van der Waals surface area contributed by atoms with Crippen LogP contribution in [0.25, 0.3) is 0 Å². The molecule has 2 N–H and O–H groups in total. The van der Waals surface area contributed by atoms with Gasteiger partial charge in [0.15, 0.2) is 5.69 Å². The highest BCUT2D eigenvalue weighted by Crippen LogP contribution is 2.21. The smallest absolute Gasteiger partial charge is 0.356 e. The molecule has 0 spiro atoms. The number of methoxy groups -OCH3 is 1. The van der Waals surface area contributed by atoms with Crippen molar-refractivity contribution >= 4 is 11.8 Å². The first-order valence-corrected chi connectivity index (χ1v) is 6.25. The molecule has 2 heterocycles. The lowest BCUT2D eigenvalue weighted by Crippen LogP contribution is -2.36. The summed E-state index contributed by atoms with van der Waals surface area (Å²) in [5.41, 5.74) is 6.03. The number of carbonyl (C=O) groups excluding carboxylic acids is 1. The lowest BCUT2D eigenvalue weighted by Gasteiger charge is -2.32. The van der Waals surface area contributed by atoms with Crippen LogP contribution in [-0.4, -0.2) is 37.7 Å². The number of pyridine rings is 1. The maximum atomic E-state index is 11.4. The Morgan fingerprint density at radius 3 is 2.83 bits per heavy atom. The SMILES string of the molecule is COC(=O)c1cccc(N2CCC(CN)CC2)n1. The molecule has 1 aromatic rings. The second kappa shape index (κ2) is 5.82. The van der Waals surface area contributed by atoms with Crippen LogP contribution in [0.1, 0.15) is 23.3 Å². The van der Waals surface area contributed by atoms with Gasteiger partial charge in [-0.2, -0.15) is 0 Å². The van der Waals surface area contributed by atoms with Crippen LogP contribution in [0.3, 0.4) is 0 Å². The number of hydrogen-bond acceptors (Lipinski definition) is 5. The molecule has 0 saturated carbocycles. The molecule has 1 aromatic heterocycles. The summed E-state index contributed by atoms with van der Waals surface area (Å²) >= 11 is 0. The van der Waals surface area contributed by atoms with Crippen LogP contribution in [0.2, 0.25) is 0 Å². The molecule has 0 aliphatic carbocycles. The maximum Gasteiger partial charge on any atom is 0.356 e. The minimum absolute atomic E-state index is 0.357. The van der Waals surface area contributed by atoms with Crippen LogP contribution >= 0.6 is 0 Å². The molecule has 98 valence electrons. The van der Waals surface area contributed by atoms with E-state index in [0.717, 1.165) is 38.3 Å². The van der Waals surface area contributed by atoms with E-state index in [1.54, 1.807) is 6.07 Å². The second-order valence-electron chi connectivity index (χ2n) is 4.54. The third-order valence-electron chi connectivity index (χ3n) is 3.40. The summed E-state index contributed by atoms with van der Waals surface area (Å²) in [5.74, 6) is 1.06.